The number of nitrogens with two attached hydrogens (primary N) is 1. The number of aldehydes is 1. The monoisotopic (exact) mass is 217 g/mol. The van der Waals surface area contributed by atoms with Crippen LogP contribution in [0.3, 0.4) is 0 Å². The Morgan fingerprint density at radius 3 is 2.60 bits per heavy atom. The molecule has 0 aromatic heterocycles. The largest absolute Gasteiger partial charge is 0.416 e. The highest BCUT2D eigenvalue weighted by atomic mass is 19.4. The van der Waals surface area contributed by atoms with Crippen molar-refractivity contribution >= 4 is 6.29 Å². The van der Waals surface area contributed by atoms with Crippen molar-refractivity contribution in [1.29, 1.82) is 0 Å². The zero-order valence-corrected chi connectivity index (χ0v) is 7.79. The Balaban J connectivity index is 2.88. The predicted molar refractivity (Wildman–Crippen MR) is 49.2 cm³/mol. The summed E-state index contributed by atoms with van der Waals surface area (Å²) in [6.07, 6.45) is -3.73. The molecular formula is C10H10F3NO. The molecule has 0 heterocycles. The first-order valence-electron chi connectivity index (χ1n) is 4.30. The molecule has 5 heteroatoms. The van der Waals surface area contributed by atoms with Gasteiger partial charge in [-0.2, -0.15) is 13.2 Å². The molecule has 1 rings (SSSR count). The van der Waals surface area contributed by atoms with E-state index in [1.807, 2.05) is 0 Å². The molecule has 0 radical (unpaired) electrons. The number of alkyl halides is 3. The first-order chi connectivity index (χ1) is 6.93. The zero-order valence-electron chi connectivity index (χ0n) is 7.79. The van der Waals surface area contributed by atoms with Gasteiger partial charge in [-0.25, -0.2) is 0 Å². The first kappa shape index (κ1) is 11.7. The lowest BCUT2D eigenvalue weighted by Crippen LogP contribution is -2.24. The summed E-state index contributed by atoms with van der Waals surface area (Å²) in [5.41, 5.74) is 5.00. The van der Waals surface area contributed by atoms with E-state index >= 15 is 0 Å². The number of rotatable bonds is 3. The molecule has 1 atom stereocenters. The molecule has 82 valence electrons. The maximum atomic E-state index is 12.3. The lowest BCUT2D eigenvalue weighted by molar-refractivity contribution is -0.137. The smallest absolute Gasteiger partial charge is 0.321 e. The highest BCUT2D eigenvalue weighted by Crippen LogP contribution is 2.29. The standard InChI is InChI=1S/C10H10F3NO/c11-10(12,13)8-3-1-2-7(4-8)5-9(14)6-15/h1-4,6,9H,5,14H2. The molecule has 0 fully saturated rings. The molecule has 2 N–H and O–H groups in total. The number of carbonyl (C=O) groups excluding carboxylic acids is 1. The number of benzene rings is 1. The minimum atomic E-state index is -4.36. The Morgan fingerprint density at radius 1 is 1.40 bits per heavy atom. The summed E-state index contributed by atoms with van der Waals surface area (Å²) in [6, 6.07) is 4.04. The van der Waals surface area contributed by atoms with Crippen LogP contribution in [0, 0.1) is 0 Å². The van der Waals surface area contributed by atoms with Crippen LogP contribution in [0.25, 0.3) is 0 Å². The second-order valence-corrected chi connectivity index (χ2v) is 3.20. The van der Waals surface area contributed by atoms with Gasteiger partial charge in [0.25, 0.3) is 0 Å². The Hall–Kier alpha value is -1.36. The maximum Gasteiger partial charge on any atom is 0.416 e. The van der Waals surface area contributed by atoms with Gasteiger partial charge in [0, 0.05) is 0 Å². The molecule has 1 aromatic carbocycles. The van der Waals surface area contributed by atoms with Gasteiger partial charge in [-0.3, -0.25) is 0 Å². The summed E-state index contributed by atoms with van der Waals surface area (Å²) in [5.74, 6) is 0. The van der Waals surface area contributed by atoms with E-state index in [4.69, 9.17) is 5.73 Å². The van der Waals surface area contributed by atoms with Crippen LogP contribution in [0.5, 0.6) is 0 Å². The van der Waals surface area contributed by atoms with E-state index < -0.39 is 17.8 Å². The molecule has 1 unspecified atom stereocenters. The van der Waals surface area contributed by atoms with Gasteiger partial charge in [-0.15, -0.1) is 0 Å². The molecule has 0 bridgehead atoms. The molecule has 0 saturated heterocycles. The van der Waals surface area contributed by atoms with E-state index in [-0.39, 0.29) is 6.42 Å². The summed E-state index contributed by atoms with van der Waals surface area (Å²) in [7, 11) is 0. The zero-order chi connectivity index (χ0) is 11.5. The SMILES string of the molecule is NC(C=O)Cc1cccc(C(F)(F)F)c1. The van der Waals surface area contributed by atoms with Gasteiger partial charge >= 0.3 is 6.18 Å². The van der Waals surface area contributed by atoms with Crippen molar-refractivity contribution in [3.8, 4) is 0 Å². The van der Waals surface area contributed by atoms with Crippen LogP contribution in [-0.2, 0) is 17.4 Å². The van der Waals surface area contributed by atoms with Gasteiger partial charge < -0.3 is 10.5 Å². The minimum absolute atomic E-state index is 0.118. The third-order valence-electron chi connectivity index (χ3n) is 1.90. The van der Waals surface area contributed by atoms with Crippen molar-refractivity contribution in [3.05, 3.63) is 35.4 Å². The second kappa shape index (κ2) is 4.44. The third kappa shape index (κ3) is 3.36. The summed E-state index contributed by atoms with van der Waals surface area (Å²) in [6.45, 7) is 0. The van der Waals surface area contributed by atoms with Gasteiger partial charge in [-0.05, 0) is 18.1 Å². The van der Waals surface area contributed by atoms with Gasteiger partial charge in [0.05, 0.1) is 11.6 Å². The van der Waals surface area contributed by atoms with Crippen LogP contribution in [0.4, 0.5) is 13.2 Å². The normalized spacial score (nSPS) is 13.6. The van der Waals surface area contributed by atoms with Crippen molar-refractivity contribution < 1.29 is 18.0 Å². The van der Waals surface area contributed by atoms with Gasteiger partial charge in [0.15, 0.2) is 0 Å². The molecule has 0 aliphatic heterocycles. The molecule has 0 amide bonds. The fourth-order valence-electron chi connectivity index (χ4n) is 1.19. The van der Waals surface area contributed by atoms with E-state index in [0.29, 0.717) is 11.8 Å². The molecule has 0 saturated carbocycles. The topological polar surface area (TPSA) is 43.1 Å². The Morgan fingerprint density at radius 2 is 2.07 bits per heavy atom. The lowest BCUT2D eigenvalue weighted by Gasteiger charge is -2.09. The van der Waals surface area contributed by atoms with Crippen LogP contribution in [-0.4, -0.2) is 12.3 Å². The number of carbonyl (C=O) groups is 1. The highest BCUT2D eigenvalue weighted by Gasteiger charge is 2.30. The maximum absolute atomic E-state index is 12.3. The third-order valence-corrected chi connectivity index (χ3v) is 1.90. The Bertz CT molecular complexity index is 349. The first-order valence-corrected chi connectivity index (χ1v) is 4.30. The van der Waals surface area contributed by atoms with Gasteiger partial charge in [0.2, 0.25) is 0 Å². The summed E-state index contributed by atoms with van der Waals surface area (Å²) in [4.78, 5) is 10.2. The molecule has 0 aliphatic rings. The van der Waals surface area contributed by atoms with E-state index in [1.165, 1.54) is 12.1 Å². The molecule has 15 heavy (non-hydrogen) atoms. The van der Waals surface area contributed by atoms with E-state index in [0.717, 1.165) is 12.1 Å². The minimum Gasteiger partial charge on any atom is -0.321 e. The highest BCUT2D eigenvalue weighted by molar-refractivity contribution is 5.57. The number of hydrogen-bond acceptors (Lipinski definition) is 2. The van der Waals surface area contributed by atoms with Crippen molar-refractivity contribution in [2.24, 2.45) is 5.73 Å². The van der Waals surface area contributed by atoms with Gasteiger partial charge in [0.1, 0.15) is 6.29 Å². The van der Waals surface area contributed by atoms with E-state index in [1.54, 1.807) is 0 Å². The molecular weight excluding hydrogens is 207 g/mol. The summed E-state index contributed by atoms with van der Waals surface area (Å²) in [5, 5.41) is 0. The summed E-state index contributed by atoms with van der Waals surface area (Å²) >= 11 is 0. The van der Waals surface area contributed by atoms with Crippen LogP contribution in [0.1, 0.15) is 11.1 Å². The fourth-order valence-corrected chi connectivity index (χ4v) is 1.19. The van der Waals surface area contributed by atoms with E-state index in [9.17, 15) is 18.0 Å². The quantitative estimate of drug-likeness (QED) is 0.784. The Labute approximate surface area is 84.9 Å². The van der Waals surface area contributed by atoms with Crippen LogP contribution >= 0.6 is 0 Å². The van der Waals surface area contributed by atoms with E-state index in [2.05, 4.69) is 0 Å². The molecule has 1 aromatic rings. The molecule has 0 spiro atoms. The molecule has 2 nitrogen and oxygen atoms in total. The average molecular weight is 217 g/mol. The summed E-state index contributed by atoms with van der Waals surface area (Å²) < 4.78 is 36.9. The lowest BCUT2D eigenvalue weighted by atomic mass is 10.0. The predicted octanol–water partition coefficient (Wildman–Crippen LogP) is 1.77. The van der Waals surface area contributed by atoms with Crippen molar-refractivity contribution in [3.63, 3.8) is 0 Å². The van der Waals surface area contributed by atoms with Crippen molar-refractivity contribution in [2.75, 3.05) is 0 Å². The van der Waals surface area contributed by atoms with Crippen molar-refractivity contribution in [1.82, 2.24) is 0 Å². The second-order valence-electron chi connectivity index (χ2n) is 3.20. The van der Waals surface area contributed by atoms with Crippen molar-refractivity contribution in [2.45, 2.75) is 18.6 Å². The Kier molecular flexibility index (Phi) is 3.47. The average Bonchev–Trinajstić information content (AvgIpc) is 2.17. The van der Waals surface area contributed by atoms with Crippen LogP contribution in [0.2, 0.25) is 0 Å². The van der Waals surface area contributed by atoms with Crippen LogP contribution in [0.15, 0.2) is 24.3 Å². The number of halogens is 3. The molecule has 0 aliphatic carbocycles. The number of hydrogen-bond donors (Lipinski definition) is 1. The van der Waals surface area contributed by atoms with Crippen LogP contribution < -0.4 is 5.73 Å². The fraction of sp³-hybridized carbons (Fsp3) is 0.300. The van der Waals surface area contributed by atoms with Gasteiger partial charge in [-0.1, -0.05) is 18.2 Å².